The Labute approximate surface area is 181 Å². The van der Waals surface area contributed by atoms with Gasteiger partial charge in [-0.3, -0.25) is 9.59 Å². The van der Waals surface area contributed by atoms with E-state index in [1.165, 1.54) is 11.8 Å². The molecule has 0 aliphatic rings. The Bertz CT molecular complexity index is 814. The molecule has 0 fully saturated rings. The number of hydrogen-bond donors (Lipinski definition) is 1. The molecule has 7 heteroatoms. The fourth-order valence-corrected chi connectivity index (χ4v) is 3.84. The topological polar surface area (TPSA) is 58.6 Å². The number of carbonyl (C=O) groups is 2. The minimum Gasteiger partial charge on any atom is -0.497 e. The Morgan fingerprint density at radius 3 is 2.48 bits per heavy atom. The molecule has 1 N–H and O–H groups in total. The van der Waals surface area contributed by atoms with Crippen molar-refractivity contribution in [2.45, 2.75) is 32.2 Å². The van der Waals surface area contributed by atoms with Gasteiger partial charge in [-0.05, 0) is 43.2 Å². The van der Waals surface area contributed by atoms with Crippen LogP contribution in [0.15, 0.2) is 48.5 Å². The van der Waals surface area contributed by atoms with E-state index in [-0.39, 0.29) is 17.6 Å². The summed E-state index contributed by atoms with van der Waals surface area (Å²) >= 11 is 7.79. The summed E-state index contributed by atoms with van der Waals surface area (Å²) in [5.41, 5.74) is 1.93. The number of nitrogens with zero attached hydrogens (tertiary/aromatic N) is 1. The number of nitrogens with one attached hydrogen (secondary N) is 1. The summed E-state index contributed by atoms with van der Waals surface area (Å²) in [6.45, 7) is 4.41. The van der Waals surface area contributed by atoms with E-state index in [0.29, 0.717) is 23.9 Å². The maximum Gasteiger partial charge on any atom is 0.242 e. The third-order valence-electron chi connectivity index (χ3n) is 4.47. The average Bonchev–Trinajstić information content (AvgIpc) is 2.73. The third kappa shape index (κ3) is 6.98. The Balaban J connectivity index is 2.04. The van der Waals surface area contributed by atoms with Crippen LogP contribution in [0.5, 0.6) is 5.75 Å². The summed E-state index contributed by atoms with van der Waals surface area (Å²) in [6.07, 6.45) is 0. The average molecular weight is 435 g/mol. The standard InChI is InChI=1S/C22H27ClN2O3S/c1-4-24-22(27)16(2)25(13-18-7-5-6-8-20(18)23)21(26)15-29-14-17-9-11-19(28-3)12-10-17/h5-12,16H,4,13-15H2,1-3H3,(H,24,27)/t16-/m1/s1. The zero-order valence-electron chi connectivity index (χ0n) is 17.0. The fourth-order valence-electron chi connectivity index (χ4n) is 2.78. The van der Waals surface area contributed by atoms with Crippen molar-refractivity contribution in [3.63, 3.8) is 0 Å². The lowest BCUT2D eigenvalue weighted by Crippen LogP contribution is -2.48. The highest BCUT2D eigenvalue weighted by Crippen LogP contribution is 2.21. The maximum absolute atomic E-state index is 13.0. The molecule has 0 bridgehead atoms. The van der Waals surface area contributed by atoms with E-state index in [1.807, 2.05) is 49.4 Å². The molecule has 0 saturated carbocycles. The number of rotatable bonds is 10. The van der Waals surface area contributed by atoms with Crippen LogP contribution in [0.25, 0.3) is 0 Å². The van der Waals surface area contributed by atoms with E-state index in [9.17, 15) is 9.59 Å². The summed E-state index contributed by atoms with van der Waals surface area (Å²) in [5, 5.41) is 3.37. The second kappa shape index (κ2) is 11.7. The van der Waals surface area contributed by atoms with Gasteiger partial charge in [0.2, 0.25) is 11.8 Å². The quantitative estimate of drug-likeness (QED) is 0.610. The van der Waals surface area contributed by atoms with Crippen LogP contribution in [0.4, 0.5) is 0 Å². The molecule has 5 nitrogen and oxygen atoms in total. The monoisotopic (exact) mass is 434 g/mol. The summed E-state index contributed by atoms with van der Waals surface area (Å²) in [4.78, 5) is 26.9. The predicted molar refractivity (Wildman–Crippen MR) is 119 cm³/mol. The van der Waals surface area contributed by atoms with Gasteiger partial charge in [-0.1, -0.05) is 41.9 Å². The number of hydrogen-bond acceptors (Lipinski definition) is 4. The van der Waals surface area contributed by atoms with Crippen molar-refractivity contribution in [1.29, 1.82) is 0 Å². The number of likely N-dealkylation sites (N-methyl/N-ethyl adjacent to an activating group) is 1. The Hall–Kier alpha value is -2.18. The molecule has 0 radical (unpaired) electrons. The van der Waals surface area contributed by atoms with Crippen molar-refractivity contribution in [2.75, 3.05) is 19.4 Å². The first-order valence-electron chi connectivity index (χ1n) is 9.47. The van der Waals surface area contributed by atoms with E-state index in [2.05, 4.69) is 5.32 Å². The number of ether oxygens (including phenoxy) is 1. The predicted octanol–water partition coefficient (Wildman–Crippen LogP) is 4.14. The van der Waals surface area contributed by atoms with Crippen molar-refractivity contribution >= 4 is 35.2 Å². The molecule has 0 aliphatic heterocycles. The van der Waals surface area contributed by atoms with Crippen LogP contribution in [-0.2, 0) is 21.9 Å². The Morgan fingerprint density at radius 1 is 1.17 bits per heavy atom. The molecule has 0 spiro atoms. The minimum absolute atomic E-state index is 0.0952. The van der Waals surface area contributed by atoms with Gasteiger partial charge in [0.15, 0.2) is 0 Å². The van der Waals surface area contributed by atoms with E-state index < -0.39 is 6.04 Å². The minimum atomic E-state index is -0.583. The van der Waals surface area contributed by atoms with Crippen molar-refractivity contribution < 1.29 is 14.3 Å². The molecule has 2 aromatic carbocycles. The molecule has 156 valence electrons. The lowest BCUT2D eigenvalue weighted by molar-refractivity contribution is -0.138. The fraction of sp³-hybridized carbons (Fsp3) is 0.364. The molecular formula is C22H27ClN2O3S. The number of carbonyl (C=O) groups excluding carboxylic acids is 2. The van der Waals surface area contributed by atoms with Gasteiger partial charge in [0.1, 0.15) is 11.8 Å². The molecule has 0 aliphatic carbocycles. The zero-order valence-corrected chi connectivity index (χ0v) is 18.6. The second-order valence-electron chi connectivity index (χ2n) is 6.52. The number of benzene rings is 2. The second-order valence-corrected chi connectivity index (χ2v) is 7.92. The van der Waals surface area contributed by atoms with E-state index in [1.54, 1.807) is 25.0 Å². The SMILES string of the molecule is CCNC(=O)[C@@H](C)N(Cc1ccccc1Cl)C(=O)CSCc1ccc(OC)cc1. The number of methoxy groups -OCH3 is 1. The van der Waals surface area contributed by atoms with Gasteiger partial charge in [-0.15, -0.1) is 11.8 Å². The van der Waals surface area contributed by atoms with E-state index >= 15 is 0 Å². The molecule has 0 unspecified atom stereocenters. The highest BCUT2D eigenvalue weighted by atomic mass is 35.5. The van der Waals surface area contributed by atoms with Gasteiger partial charge < -0.3 is 15.0 Å². The summed E-state index contributed by atoms with van der Waals surface area (Å²) in [7, 11) is 1.63. The van der Waals surface area contributed by atoms with Gasteiger partial charge in [-0.2, -0.15) is 0 Å². The molecule has 0 aromatic heterocycles. The first kappa shape index (κ1) is 23.1. The van der Waals surface area contributed by atoms with Crippen LogP contribution in [0.1, 0.15) is 25.0 Å². The first-order valence-corrected chi connectivity index (χ1v) is 11.0. The molecule has 0 heterocycles. The van der Waals surface area contributed by atoms with Crippen LogP contribution < -0.4 is 10.1 Å². The third-order valence-corrected chi connectivity index (χ3v) is 5.83. The van der Waals surface area contributed by atoms with Gasteiger partial charge in [-0.25, -0.2) is 0 Å². The smallest absolute Gasteiger partial charge is 0.242 e. The van der Waals surface area contributed by atoms with Crippen LogP contribution in [0.2, 0.25) is 5.02 Å². The molecule has 2 rings (SSSR count). The van der Waals surface area contributed by atoms with Crippen LogP contribution in [0, 0.1) is 0 Å². The maximum atomic E-state index is 13.0. The highest BCUT2D eigenvalue weighted by Gasteiger charge is 2.26. The molecule has 1 atom stereocenters. The van der Waals surface area contributed by atoms with Crippen molar-refractivity contribution in [3.8, 4) is 5.75 Å². The van der Waals surface area contributed by atoms with Crippen LogP contribution in [0.3, 0.4) is 0 Å². The number of halogens is 1. The largest absolute Gasteiger partial charge is 0.497 e. The van der Waals surface area contributed by atoms with E-state index in [4.69, 9.17) is 16.3 Å². The van der Waals surface area contributed by atoms with Gasteiger partial charge in [0, 0.05) is 23.9 Å². The number of thioether (sulfide) groups is 1. The lowest BCUT2D eigenvalue weighted by atomic mass is 10.1. The lowest BCUT2D eigenvalue weighted by Gasteiger charge is -2.29. The van der Waals surface area contributed by atoms with Gasteiger partial charge in [0.25, 0.3) is 0 Å². The molecule has 29 heavy (non-hydrogen) atoms. The number of amides is 2. The Kier molecular flexibility index (Phi) is 9.35. The molecule has 2 aromatic rings. The van der Waals surface area contributed by atoms with Gasteiger partial charge in [0.05, 0.1) is 12.9 Å². The molecule has 2 amide bonds. The molecule has 0 saturated heterocycles. The van der Waals surface area contributed by atoms with Crippen molar-refractivity contribution in [3.05, 3.63) is 64.7 Å². The van der Waals surface area contributed by atoms with Gasteiger partial charge >= 0.3 is 0 Å². The summed E-state index contributed by atoms with van der Waals surface area (Å²) < 4.78 is 5.16. The normalized spacial score (nSPS) is 11.6. The summed E-state index contributed by atoms with van der Waals surface area (Å²) in [5.74, 6) is 1.51. The van der Waals surface area contributed by atoms with Crippen LogP contribution >= 0.6 is 23.4 Å². The highest BCUT2D eigenvalue weighted by molar-refractivity contribution is 7.99. The molecular weight excluding hydrogens is 408 g/mol. The first-order chi connectivity index (χ1) is 14.0. The Morgan fingerprint density at radius 2 is 1.86 bits per heavy atom. The van der Waals surface area contributed by atoms with E-state index in [0.717, 1.165) is 16.9 Å². The van der Waals surface area contributed by atoms with Crippen molar-refractivity contribution in [1.82, 2.24) is 10.2 Å². The van der Waals surface area contributed by atoms with Crippen molar-refractivity contribution in [2.24, 2.45) is 0 Å². The zero-order chi connectivity index (χ0) is 21.2. The summed E-state index contributed by atoms with van der Waals surface area (Å²) in [6, 6.07) is 14.6. The van der Waals surface area contributed by atoms with Crippen LogP contribution in [-0.4, -0.2) is 42.2 Å².